The Hall–Kier alpha value is -1.11. The maximum absolute atomic E-state index is 12.2. The topological polar surface area (TPSA) is 46.6 Å². The summed E-state index contributed by atoms with van der Waals surface area (Å²) in [6.45, 7) is 7.75. The van der Waals surface area contributed by atoms with Crippen molar-refractivity contribution in [3.63, 3.8) is 0 Å². The third-order valence-electron chi connectivity index (χ3n) is 2.47. The fourth-order valence-corrected chi connectivity index (χ4v) is 2.08. The predicted molar refractivity (Wildman–Crippen MR) is 87.6 cm³/mol. The molecular weight excluding hydrogens is 369 g/mol. The van der Waals surface area contributed by atoms with E-state index in [0.717, 1.165) is 9.26 Å². The number of carbonyl (C=O) groups is 2. The van der Waals surface area contributed by atoms with Crippen molar-refractivity contribution in [2.24, 2.45) is 0 Å². The Labute approximate surface area is 133 Å². The van der Waals surface area contributed by atoms with E-state index in [4.69, 9.17) is 4.74 Å². The lowest BCUT2D eigenvalue weighted by atomic mass is 10.2. The molecule has 110 valence electrons. The quantitative estimate of drug-likeness (QED) is 0.451. The van der Waals surface area contributed by atoms with E-state index >= 15 is 0 Å². The Kier molecular flexibility index (Phi) is 5.98. The Morgan fingerprint density at radius 1 is 1.20 bits per heavy atom. The molecule has 0 heterocycles. The lowest BCUT2D eigenvalue weighted by Gasteiger charge is -2.23. The van der Waals surface area contributed by atoms with Crippen LogP contribution in [0.25, 0.3) is 0 Å². The second-order valence-electron chi connectivity index (χ2n) is 5.38. The first-order valence-corrected chi connectivity index (χ1v) is 7.58. The zero-order valence-corrected chi connectivity index (χ0v) is 14.4. The van der Waals surface area contributed by atoms with Crippen molar-refractivity contribution < 1.29 is 14.3 Å². The Bertz CT molecular complexity index is 477. The van der Waals surface area contributed by atoms with Crippen molar-refractivity contribution in [1.82, 2.24) is 0 Å². The zero-order valence-electron chi connectivity index (χ0n) is 12.3. The number of benzene rings is 1. The monoisotopic (exact) mass is 389 g/mol. The van der Waals surface area contributed by atoms with Crippen LogP contribution >= 0.6 is 22.6 Å². The SMILES string of the molecule is CCN(C(=O)CC(=O)OC(C)(C)C)c1ccc(I)cc1. The van der Waals surface area contributed by atoms with Gasteiger partial charge in [0.1, 0.15) is 12.0 Å². The van der Waals surface area contributed by atoms with Gasteiger partial charge in [0.2, 0.25) is 5.91 Å². The number of ether oxygens (including phenoxy) is 1. The highest BCUT2D eigenvalue weighted by Gasteiger charge is 2.22. The van der Waals surface area contributed by atoms with Gasteiger partial charge in [-0.15, -0.1) is 0 Å². The molecule has 0 radical (unpaired) electrons. The van der Waals surface area contributed by atoms with Crippen molar-refractivity contribution in [1.29, 1.82) is 0 Å². The van der Waals surface area contributed by atoms with E-state index < -0.39 is 11.6 Å². The molecule has 1 amide bonds. The molecule has 0 atom stereocenters. The maximum Gasteiger partial charge on any atom is 0.315 e. The highest BCUT2D eigenvalue weighted by molar-refractivity contribution is 14.1. The van der Waals surface area contributed by atoms with E-state index in [1.165, 1.54) is 0 Å². The number of halogens is 1. The van der Waals surface area contributed by atoms with Crippen LogP contribution in [0.5, 0.6) is 0 Å². The molecule has 5 heteroatoms. The first-order valence-electron chi connectivity index (χ1n) is 6.50. The first-order chi connectivity index (χ1) is 9.23. The average Bonchev–Trinajstić information content (AvgIpc) is 2.29. The molecular formula is C15H20INO3. The number of nitrogens with zero attached hydrogens (tertiary/aromatic N) is 1. The number of esters is 1. The standard InChI is InChI=1S/C15H20INO3/c1-5-17(12-8-6-11(16)7-9-12)13(18)10-14(19)20-15(2,3)4/h6-9H,5,10H2,1-4H3. The molecule has 0 aliphatic heterocycles. The zero-order chi connectivity index (χ0) is 15.3. The number of anilines is 1. The lowest BCUT2D eigenvalue weighted by molar-refractivity contribution is -0.156. The molecule has 0 fully saturated rings. The molecule has 20 heavy (non-hydrogen) atoms. The average molecular weight is 389 g/mol. The highest BCUT2D eigenvalue weighted by atomic mass is 127. The summed E-state index contributed by atoms with van der Waals surface area (Å²) >= 11 is 2.21. The molecule has 0 aliphatic carbocycles. The van der Waals surface area contributed by atoms with Gasteiger partial charge in [-0.25, -0.2) is 0 Å². The summed E-state index contributed by atoms with van der Waals surface area (Å²) in [5.41, 5.74) is 0.221. The van der Waals surface area contributed by atoms with Gasteiger partial charge in [0, 0.05) is 15.8 Å². The summed E-state index contributed by atoms with van der Waals surface area (Å²) in [5.74, 6) is -0.741. The van der Waals surface area contributed by atoms with Crippen molar-refractivity contribution >= 4 is 40.2 Å². The van der Waals surface area contributed by atoms with Gasteiger partial charge in [-0.05, 0) is 74.6 Å². The molecule has 0 bridgehead atoms. The van der Waals surface area contributed by atoms with Crippen LogP contribution in [0, 0.1) is 3.57 Å². The highest BCUT2D eigenvalue weighted by Crippen LogP contribution is 2.18. The molecule has 0 aliphatic rings. The second-order valence-corrected chi connectivity index (χ2v) is 6.62. The number of rotatable bonds is 4. The Balaban J connectivity index is 2.73. The van der Waals surface area contributed by atoms with Crippen LogP contribution in [0.2, 0.25) is 0 Å². The van der Waals surface area contributed by atoms with Crippen molar-refractivity contribution in [2.75, 3.05) is 11.4 Å². The molecule has 0 unspecified atom stereocenters. The van der Waals surface area contributed by atoms with Crippen LogP contribution in [0.1, 0.15) is 34.1 Å². The number of hydrogen-bond donors (Lipinski definition) is 0. The van der Waals surface area contributed by atoms with E-state index in [1.807, 2.05) is 31.2 Å². The van der Waals surface area contributed by atoms with Gasteiger partial charge in [-0.1, -0.05) is 0 Å². The first kappa shape index (κ1) is 16.9. The van der Waals surface area contributed by atoms with Gasteiger partial charge in [0.15, 0.2) is 0 Å². The smallest absolute Gasteiger partial charge is 0.315 e. The van der Waals surface area contributed by atoms with E-state index in [0.29, 0.717) is 6.54 Å². The molecule has 0 aromatic heterocycles. The van der Waals surface area contributed by atoms with Gasteiger partial charge >= 0.3 is 5.97 Å². The summed E-state index contributed by atoms with van der Waals surface area (Å²) in [5, 5.41) is 0. The van der Waals surface area contributed by atoms with Crippen LogP contribution in [0.4, 0.5) is 5.69 Å². The van der Waals surface area contributed by atoms with Crippen LogP contribution in [0.15, 0.2) is 24.3 Å². The summed E-state index contributed by atoms with van der Waals surface area (Å²) < 4.78 is 6.27. The van der Waals surface area contributed by atoms with E-state index in [-0.39, 0.29) is 12.3 Å². The van der Waals surface area contributed by atoms with E-state index in [9.17, 15) is 9.59 Å². The summed E-state index contributed by atoms with van der Waals surface area (Å²) in [4.78, 5) is 25.5. The summed E-state index contributed by atoms with van der Waals surface area (Å²) in [7, 11) is 0. The van der Waals surface area contributed by atoms with Gasteiger partial charge in [0.05, 0.1) is 0 Å². The second kappa shape index (κ2) is 7.06. The third-order valence-corrected chi connectivity index (χ3v) is 3.19. The molecule has 1 aromatic rings. The Morgan fingerprint density at radius 2 is 1.75 bits per heavy atom. The van der Waals surface area contributed by atoms with Crippen LogP contribution < -0.4 is 4.90 Å². The minimum Gasteiger partial charge on any atom is -0.460 e. The molecule has 1 rings (SSSR count). The summed E-state index contributed by atoms with van der Waals surface area (Å²) in [6.07, 6.45) is -0.239. The fraction of sp³-hybridized carbons (Fsp3) is 0.467. The molecule has 0 spiro atoms. The van der Waals surface area contributed by atoms with Crippen LogP contribution in [-0.2, 0) is 14.3 Å². The Morgan fingerprint density at radius 3 is 2.20 bits per heavy atom. The minimum absolute atomic E-state index is 0.239. The lowest BCUT2D eigenvalue weighted by Crippen LogP contribution is -2.34. The van der Waals surface area contributed by atoms with Crippen molar-refractivity contribution in [2.45, 2.75) is 39.7 Å². The van der Waals surface area contributed by atoms with Gasteiger partial charge in [-0.3, -0.25) is 9.59 Å². The number of carbonyl (C=O) groups excluding carboxylic acids is 2. The van der Waals surface area contributed by atoms with Gasteiger partial charge in [0.25, 0.3) is 0 Å². The van der Waals surface area contributed by atoms with Crippen LogP contribution in [0.3, 0.4) is 0 Å². The van der Waals surface area contributed by atoms with Gasteiger partial charge in [-0.2, -0.15) is 0 Å². The van der Waals surface area contributed by atoms with Crippen LogP contribution in [-0.4, -0.2) is 24.0 Å². The van der Waals surface area contributed by atoms with Crippen molar-refractivity contribution in [3.8, 4) is 0 Å². The molecule has 0 saturated heterocycles. The maximum atomic E-state index is 12.2. The molecule has 1 aromatic carbocycles. The van der Waals surface area contributed by atoms with E-state index in [1.54, 1.807) is 25.7 Å². The molecule has 0 N–H and O–H groups in total. The summed E-state index contributed by atoms with van der Waals surface area (Å²) in [6, 6.07) is 7.61. The normalized spacial score (nSPS) is 11.1. The minimum atomic E-state index is -0.572. The largest absolute Gasteiger partial charge is 0.460 e. The fourth-order valence-electron chi connectivity index (χ4n) is 1.72. The third kappa shape index (κ3) is 5.48. The predicted octanol–water partition coefficient (Wildman–Crippen LogP) is 3.38. The number of hydrogen-bond acceptors (Lipinski definition) is 3. The molecule has 0 saturated carbocycles. The van der Waals surface area contributed by atoms with Crippen molar-refractivity contribution in [3.05, 3.63) is 27.8 Å². The van der Waals surface area contributed by atoms with E-state index in [2.05, 4.69) is 22.6 Å². The van der Waals surface area contributed by atoms with Gasteiger partial charge < -0.3 is 9.64 Å². The molecule has 4 nitrogen and oxygen atoms in total. The number of amides is 1.